The third-order valence-electron chi connectivity index (χ3n) is 6.72. The minimum absolute atomic E-state index is 0. The van der Waals surface area contributed by atoms with Gasteiger partial charge in [-0.05, 0) is 0 Å². The first kappa shape index (κ1) is 25.1. The molecule has 1 unspecified atom stereocenters. The summed E-state index contributed by atoms with van der Waals surface area (Å²) >= 11 is -2.18. The van der Waals surface area contributed by atoms with Crippen LogP contribution >= 0.6 is 0 Å². The van der Waals surface area contributed by atoms with E-state index >= 15 is 0 Å². The van der Waals surface area contributed by atoms with Gasteiger partial charge in [0.1, 0.15) is 0 Å². The zero-order valence-electron chi connectivity index (χ0n) is 19.0. The summed E-state index contributed by atoms with van der Waals surface area (Å²) in [6.07, 6.45) is 2.52. The van der Waals surface area contributed by atoms with Crippen molar-refractivity contribution in [3.8, 4) is 11.1 Å². The summed E-state index contributed by atoms with van der Waals surface area (Å²) in [4.78, 5) is 0. The van der Waals surface area contributed by atoms with Crippen LogP contribution in [0.5, 0.6) is 0 Å². The summed E-state index contributed by atoms with van der Waals surface area (Å²) in [5.41, 5.74) is 10.4. The number of rotatable bonds is 3. The second kappa shape index (κ2) is 10.2. The predicted octanol–water partition coefficient (Wildman–Crippen LogP) is 1.60. The van der Waals surface area contributed by atoms with Crippen LogP contribution < -0.4 is 24.8 Å². The summed E-state index contributed by atoms with van der Waals surface area (Å²) in [7, 11) is 0. The Labute approximate surface area is 212 Å². The molecule has 162 valence electrons. The topological polar surface area (TPSA) is 0 Å². The fraction of sp³-hybridized carbons (Fsp3) is 0.207. The fourth-order valence-electron chi connectivity index (χ4n) is 5.50. The van der Waals surface area contributed by atoms with Crippen LogP contribution in [-0.2, 0) is 21.3 Å². The molecule has 0 saturated carbocycles. The van der Waals surface area contributed by atoms with E-state index in [1.165, 1.54) is 22.3 Å². The number of fused-ring (bicyclic) bond motifs is 3. The van der Waals surface area contributed by atoms with Crippen LogP contribution in [-0.4, -0.2) is 3.21 Å². The van der Waals surface area contributed by atoms with Crippen LogP contribution in [0.1, 0.15) is 48.0 Å². The van der Waals surface area contributed by atoms with Gasteiger partial charge in [-0.1, -0.05) is 0 Å². The number of benzene rings is 3. The van der Waals surface area contributed by atoms with Crippen LogP contribution in [0.4, 0.5) is 0 Å². The molecule has 0 bridgehead atoms. The van der Waals surface area contributed by atoms with Crippen molar-refractivity contribution >= 4 is 8.78 Å². The van der Waals surface area contributed by atoms with E-state index in [9.17, 15) is 0 Å². The molecule has 2 aliphatic carbocycles. The van der Waals surface area contributed by atoms with Crippen LogP contribution in [0.25, 0.3) is 16.7 Å². The Morgan fingerprint density at radius 1 is 0.719 bits per heavy atom. The van der Waals surface area contributed by atoms with Crippen molar-refractivity contribution < 1.29 is 46.1 Å². The molecule has 0 radical (unpaired) electrons. The molecule has 1 atom stereocenters. The maximum Gasteiger partial charge on any atom is -1.00 e. The first-order valence-electron chi connectivity index (χ1n) is 10.9. The average Bonchev–Trinajstić information content (AvgIpc) is 3.25. The van der Waals surface area contributed by atoms with Crippen molar-refractivity contribution in [3.63, 3.8) is 0 Å². The number of hydrogen-bond acceptors (Lipinski definition) is 0. The Hall–Kier alpha value is -1.53. The monoisotopic (exact) mass is 536 g/mol. The average molecular weight is 539 g/mol. The summed E-state index contributed by atoms with van der Waals surface area (Å²) < 4.78 is 4.06. The van der Waals surface area contributed by atoms with E-state index in [1.807, 2.05) is 0 Å². The van der Waals surface area contributed by atoms with E-state index < -0.39 is 21.3 Å². The Morgan fingerprint density at radius 2 is 1.22 bits per heavy atom. The maximum atomic E-state index is 2.52. The molecule has 0 aliphatic heterocycles. The molecule has 0 spiro atoms. The van der Waals surface area contributed by atoms with Crippen molar-refractivity contribution in [3.05, 3.63) is 110 Å². The van der Waals surface area contributed by atoms with Crippen molar-refractivity contribution in [1.29, 1.82) is 0 Å². The van der Waals surface area contributed by atoms with E-state index in [-0.39, 0.29) is 24.8 Å². The van der Waals surface area contributed by atoms with Crippen molar-refractivity contribution in [1.82, 2.24) is 0 Å². The number of allylic oxidation sites excluding steroid dienone is 4. The third-order valence-corrected chi connectivity index (χ3v) is 15.8. The van der Waals surface area contributed by atoms with Crippen LogP contribution in [0.15, 0.2) is 93.8 Å². The SMILES string of the molecule is CC1=[C]([Zr+2](=[C](C)C)[CH]2c3ccccc3-c3ccccc32)C(C)C=C1c1ccccc1.[Cl-].[Cl-]. The minimum Gasteiger partial charge on any atom is -1.00 e. The summed E-state index contributed by atoms with van der Waals surface area (Å²) in [5, 5.41) is 0. The predicted molar refractivity (Wildman–Crippen MR) is 126 cm³/mol. The van der Waals surface area contributed by atoms with Gasteiger partial charge in [-0.15, -0.1) is 0 Å². The van der Waals surface area contributed by atoms with Gasteiger partial charge in [-0.2, -0.15) is 0 Å². The summed E-state index contributed by atoms with van der Waals surface area (Å²) in [6, 6.07) is 29.2. The van der Waals surface area contributed by atoms with Crippen LogP contribution in [0, 0.1) is 5.92 Å². The van der Waals surface area contributed by atoms with Gasteiger partial charge in [0.15, 0.2) is 0 Å². The molecular weight excluding hydrogens is 510 g/mol. The van der Waals surface area contributed by atoms with Gasteiger partial charge in [0, 0.05) is 0 Å². The molecule has 3 aromatic rings. The zero-order valence-corrected chi connectivity index (χ0v) is 23.0. The van der Waals surface area contributed by atoms with Gasteiger partial charge >= 0.3 is 189 Å². The molecule has 0 aromatic heterocycles. The van der Waals surface area contributed by atoms with Gasteiger partial charge in [0.25, 0.3) is 0 Å². The first-order valence-corrected chi connectivity index (χ1v) is 14.8. The second-order valence-electron chi connectivity index (χ2n) is 8.79. The fourth-order valence-corrected chi connectivity index (χ4v) is 14.5. The molecule has 0 fully saturated rings. The van der Waals surface area contributed by atoms with E-state index in [4.69, 9.17) is 0 Å². The van der Waals surface area contributed by atoms with Gasteiger partial charge in [-0.25, -0.2) is 0 Å². The first-order chi connectivity index (χ1) is 14.6. The molecule has 0 heterocycles. The molecule has 5 rings (SSSR count). The van der Waals surface area contributed by atoms with Gasteiger partial charge in [-0.3, -0.25) is 0 Å². The van der Waals surface area contributed by atoms with E-state index in [0.717, 1.165) is 0 Å². The quantitative estimate of drug-likeness (QED) is 0.476. The normalized spacial score (nSPS) is 16.2. The third kappa shape index (κ3) is 4.09. The molecule has 0 N–H and O–H groups in total. The van der Waals surface area contributed by atoms with Crippen LogP contribution in [0.3, 0.4) is 0 Å². The zero-order chi connectivity index (χ0) is 20.8. The van der Waals surface area contributed by atoms with Crippen molar-refractivity contribution in [2.75, 3.05) is 0 Å². The van der Waals surface area contributed by atoms with Crippen LogP contribution in [0.2, 0.25) is 0 Å². The largest absolute Gasteiger partial charge is 1.00 e. The minimum atomic E-state index is -2.18. The number of halogens is 2. The van der Waals surface area contributed by atoms with Gasteiger partial charge in [0.2, 0.25) is 0 Å². The molecule has 32 heavy (non-hydrogen) atoms. The smallest absolute Gasteiger partial charge is 1.00 e. The Bertz CT molecular complexity index is 1190. The molecule has 0 amide bonds. The van der Waals surface area contributed by atoms with Crippen molar-refractivity contribution in [2.45, 2.75) is 31.3 Å². The molecular formula is C29H28Cl2Zr. The van der Waals surface area contributed by atoms with E-state index in [0.29, 0.717) is 9.54 Å². The van der Waals surface area contributed by atoms with Gasteiger partial charge < -0.3 is 24.8 Å². The maximum absolute atomic E-state index is 2.52. The molecule has 0 saturated heterocycles. The summed E-state index contributed by atoms with van der Waals surface area (Å²) in [6.45, 7) is 9.62. The van der Waals surface area contributed by atoms with Gasteiger partial charge in [0.05, 0.1) is 0 Å². The van der Waals surface area contributed by atoms with Crippen molar-refractivity contribution in [2.24, 2.45) is 5.92 Å². The number of hydrogen-bond donors (Lipinski definition) is 0. The Morgan fingerprint density at radius 3 is 1.75 bits per heavy atom. The molecule has 0 nitrogen and oxygen atoms in total. The summed E-state index contributed by atoms with van der Waals surface area (Å²) in [5.74, 6) is 0.532. The second-order valence-corrected chi connectivity index (χ2v) is 16.0. The van der Waals surface area contributed by atoms with E-state index in [1.54, 1.807) is 23.2 Å². The molecule has 3 heteroatoms. The standard InChI is InChI=1S/C13H9.C13H13.C3H6.2ClH.Zr/c1-3-7-12-10(5-1)9-11-6-2-4-8-13(11)12;1-10-8-11(2)13(9-10)12-6-4-3-5-7-12;1-3-2;;;/h1-9H;3-7,9-10H,1-2H3;1-2H3;2*1H;/q;;;;;+2/p-2. The molecule has 3 aromatic carbocycles. The van der Waals surface area contributed by atoms with E-state index in [2.05, 4.69) is 113 Å². The Kier molecular flexibility index (Phi) is 7.98. The Balaban J connectivity index is 0.00000144. The molecule has 2 aliphatic rings.